The molecule has 144 valence electrons. The molecule has 0 aliphatic carbocycles. The second-order valence-corrected chi connectivity index (χ2v) is 8.37. The average Bonchev–Trinajstić information content (AvgIpc) is 2.63. The van der Waals surface area contributed by atoms with Gasteiger partial charge in [0.05, 0.1) is 0 Å². The van der Waals surface area contributed by atoms with E-state index in [1.165, 1.54) is 29.5 Å². The molecule has 1 aromatic rings. The van der Waals surface area contributed by atoms with Crippen molar-refractivity contribution in [2.75, 3.05) is 39.9 Å². The first-order valence-electron chi connectivity index (χ1n) is 10.1. The third-order valence-corrected chi connectivity index (χ3v) is 6.34. The summed E-state index contributed by atoms with van der Waals surface area (Å²) in [6.45, 7) is 10.3. The van der Waals surface area contributed by atoms with Crippen LogP contribution < -0.4 is 0 Å². The van der Waals surface area contributed by atoms with E-state index in [1.54, 1.807) is 7.11 Å². The molecule has 1 amide bonds. The quantitative estimate of drug-likeness (QED) is 0.729. The van der Waals surface area contributed by atoms with Crippen molar-refractivity contribution in [2.24, 2.45) is 5.41 Å². The number of hydrogen-bond donors (Lipinski definition) is 0. The molecule has 1 spiro atoms. The van der Waals surface area contributed by atoms with Gasteiger partial charge in [0.1, 0.15) is 0 Å². The maximum atomic E-state index is 12.3. The maximum absolute atomic E-state index is 12.3. The van der Waals surface area contributed by atoms with E-state index in [-0.39, 0.29) is 0 Å². The van der Waals surface area contributed by atoms with Gasteiger partial charge in [0.25, 0.3) is 0 Å². The van der Waals surface area contributed by atoms with E-state index >= 15 is 0 Å². The van der Waals surface area contributed by atoms with Gasteiger partial charge in [-0.05, 0) is 69.2 Å². The Labute approximate surface area is 158 Å². The maximum Gasteiger partial charge on any atom is 0.222 e. The normalized spacial score (nSPS) is 20.7. The number of piperidine rings is 2. The predicted octanol–water partition coefficient (Wildman–Crippen LogP) is 3.54. The van der Waals surface area contributed by atoms with E-state index in [2.05, 4.69) is 41.8 Å². The van der Waals surface area contributed by atoms with Crippen molar-refractivity contribution in [3.8, 4) is 0 Å². The standard InChI is InChI=1S/C22H34N2O2/c1-18-5-6-19(2)20(15-18)16-23-12-9-22(10-13-23)8-7-21(25)24(17-22)11-4-14-26-3/h5-6,15H,4,7-14,16-17H2,1-3H3. The zero-order valence-corrected chi connectivity index (χ0v) is 16.7. The van der Waals surface area contributed by atoms with Crippen LogP contribution in [0.2, 0.25) is 0 Å². The molecular weight excluding hydrogens is 324 g/mol. The van der Waals surface area contributed by atoms with Gasteiger partial charge in [-0.1, -0.05) is 23.8 Å². The summed E-state index contributed by atoms with van der Waals surface area (Å²) >= 11 is 0. The molecule has 0 N–H and O–H groups in total. The van der Waals surface area contributed by atoms with Gasteiger partial charge in [0.15, 0.2) is 0 Å². The molecule has 4 nitrogen and oxygen atoms in total. The van der Waals surface area contributed by atoms with Gasteiger partial charge in [-0.3, -0.25) is 9.69 Å². The SMILES string of the molecule is COCCCN1CC2(CCC1=O)CCN(Cc1cc(C)ccc1C)CC2. The summed E-state index contributed by atoms with van der Waals surface area (Å²) in [4.78, 5) is 17.0. The highest BCUT2D eigenvalue weighted by molar-refractivity contribution is 5.77. The highest BCUT2D eigenvalue weighted by Crippen LogP contribution is 2.40. The van der Waals surface area contributed by atoms with E-state index in [1.807, 2.05) is 0 Å². The summed E-state index contributed by atoms with van der Waals surface area (Å²) in [6.07, 6.45) is 5.17. The highest BCUT2D eigenvalue weighted by atomic mass is 16.5. The summed E-state index contributed by atoms with van der Waals surface area (Å²) in [7, 11) is 1.73. The van der Waals surface area contributed by atoms with Crippen molar-refractivity contribution in [3.63, 3.8) is 0 Å². The number of carbonyl (C=O) groups excluding carboxylic acids is 1. The first kappa shape index (κ1) is 19.4. The molecule has 0 unspecified atom stereocenters. The van der Waals surface area contributed by atoms with Crippen molar-refractivity contribution >= 4 is 5.91 Å². The number of benzene rings is 1. The fourth-order valence-corrected chi connectivity index (χ4v) is 4.51. The molecule has 26 heavy (non-hydrogen) atoms. The van der Waals surface area contributed by atoms with Crippen LogP contribution in [0.1, 0.15) is 48.8 Å². The number of amides is 1. The summed E-state index contributed by atoms with van der Waals surface area (Å²) in [6, 6.07) is 6.76. The van der Waals surface area contributed by atoms with Crippen LogP contribution in [0.3, 0.4) is 0 Å². The summed E-state index contributed by atoms with van der Waals surface area (Å²) < 4.78 is 5.15. The summed E-state index contributed by atoms with van der Waals surface area (Å²) in [5.41, 5.74) is 4.54. The van der Waals surface area contributed by atoms with Gasteiger partial charge in [-0.2, -0.15) is 0 Å². The Bertz CT molecular complexity index is 621. The number of likely N-dealkylation sites (tertiary alicyclic amines) is 2. The zero-order chi connectivity index (χ0) is 18.6. The van der Waals surface area contributed by atoms with Gasteiger partial charge in [0.2, 0.25) is 5.91 Å². The Morgan fingerprint density at radius 1 is 1.15 bits per heavy atom. The van der Waals surface area contributed by atoms with Gasteiger partial charge >= 0.3 is 0 Å². The first-order valence-corrected chi connectivity index (χ1v) is 10.1. The van der Waals surface area contributed by atoms with Crippen molar-refractivity contribution in [1.82, 2.24) is 9.80 Å². The van der Waals surface area contributed by atoms with Crippen molar-refractivity contribution in [1.29, 1.82) is 0 Å². The van der Waals surface area contributed by atoms with E-state index in [0.717, 1.165) is 58.6 Å². The number of rotatable bonds is 6. The molecule has 2 aliphatic rings. The molecule has 0 bridgehead atoms. The molecule has 3 rings (SSSR count). The van der Waals surface area contributed by atoms with Gasteiger partial charge < -0.3 is 9.64 Å². The van der Waals surface area contributed by atoms with Crippen LogP contribution in [-0.4, -0.2) is 55.6 Å². The zero-order valence-electron chi connectivity index (χ0n) is 16.7. The molecule has 2 fully saturated rings. The fraction of sp³-hybridized carbons (Fsp3) is 0.682. The Balaban J connectivity index is 1.55. The average molecular weight is 359 g/mol. The van der Waals surface area contributed by atoms with Gasteiger partial charge in [0, 0.05) is 39.8 Å². The minimum absolute atomic E-state index is 0.338. The minimum atomic E-state index is 0.338. The predicted molar refractivity (Wildman–Crippen MR) is 105 cm³/mol. The molecule has 2 aliphatic heterocycles. The van der Waals surface area contributed by atoms with Gasteiger partial charge in [-0.15, -0.1) is 0 Å². The second-order valence-electron chi connectivity index (χ2n) is 8.37. The Kier molecular flexibility index (Phi) is 6.36. The summed E-state index contributed by atoms with van der Waals surface area (Å²) in [5, 5.41) is 0. The van der Waals surface area contributed by atoms with Crippen LogP contribution in [0.25, 0.3) is 0 Å². The van der Waals surface area contributed by atoms with Crippen LogP contribution in [0.15, 0.2) is 18.2 Å². The third-order valence-electron chi connectivity index (χ3n) is 6.34. The Hall–Kier alpha value is -1.39. The van der Waals surface area contributed by atoms with Gasteiger partial charge in [-0.25, -0.2) is 0 Å². The van der Waals surface area contributed by atoms with E-state index in [4.69, 9.17) is 4.74 Å². The molecule has 2 saturated heterocycles. The Morgan fingerprint density at radius 3 is 2.65 bits per heavy atom. The number of nitrogens with zero attached hydrogens (tertiary/aromatic N) is 2. The summed E-state index contributed by atoms with van der Waals surface area (Å²) in [5.74, 6) is 0.338. The lowest BCUT2D eigenvalue weighted by atomic mass is 9.72. The van der Waals surface area contributed by atoms with E-state index in [9.17, 15) is 4.79 Å². The van der Waals surface area contributed by atoms with Crippen LogP contribution in [-0.2, 0) is 16.1 Å². The van der Waals surface area contributed by atoms with Crippen molar-refractivity contribution in [3.05, 3.63) is 34.9 Å². The molecular formula is C22H34N2O2. The lowest BCUT2D eigenvalue weighted by molar-refractivity contribution is -0.139. The molecule has 0 aromatic heterocycles. The monoisotopic (exact) mass is 358 g/mol. The molecule has 2 heterocycles. The number of carbonyl (C=O) groups is 1. The molecule has 0 atom stereocenters. The first-order chi connectivity index (χ1) is 12.5. The number of hydrogen-bond acceptors (Lipinski definition) is 3. The molecule has 1 aromatic carbocycles. The molecule has 0 radical (unpaired) electrons. The lowest BCUT2D eigenvalue weighted by Crippen LogP contribution is -2.51. The van der Waals surface area contributed by atoms with Crippen molar-refractivity contribution < 1.29 is 9.53 Å². The van der Waals surface area contributed by atoms with Crippen molar-refractivity contribution in [2.45, 2.75) is 52.5 Å². The van der Waals surface area contributed by atoms with Crippen LogP contribution in [0.5, 0.6) is 0 Å². The van der Waals surface area contributed by atoms with E-state index < -0.39 is 0 Å². The van der Waals surface area contributed by atoms with E-state index in [0.29, 0.717) is 11.3 Å². The fourth-order valence-electron chi connectivity index (χ4n) is 4.51. The smallest absolute Gasteiger partial charge is 0.222 e. The Morgan fingerprint density at radius 2 is 1.92 bits per heavy atom. The largest absolute Gasteiger partial charge is 0.385 e. The lowest BCUT2D eigenvalue weighted by Gasteiger charge is -2.47. The third kappa shape index (κ3) is 4.66. The number of ether oxygens (including phenoxy) is 1. The topological polar surface area (TPSA) is 32.8 Å². The highest BCUT2D eigenvalue weighted by Gasteiger charge is 2.40. The number of aryl methyl sites for hydroxylation is 2. The second kappa shape index (κ2) is 8.53. The van der Waals surface area contributed by atoms with Crippen LogP contribution in [0, 0.1) is 19.3 Å². The molecule has 0 saturated carbocycles. The molecule has 4 heteroatoms. The minimum Gasteiger partial charge on any atom is -0.385 e. The van der Waals surface area contributed by atoms with Crippen LogP contribution in [0.4, 0.5) is 0 Å². The van der Waals surface area contributed by atoms with Crippen LogP contribution >= 0.6 is 0 Å². The number of methoxy groups -OCH3 is 1.